The average Bonchev–Trinajstić information content (AvgIpc) is 2.53. The average molecular weight is 262 g/mol. The zero-order valence-corrected chi connectivity index (χ0v) is 11.4. The number of aryl methyl sites for hydroxylation is 1. The van der Waals surface area contributed by atoms with Gasteiger partial charge in [-0.25, -0.2) is 0 Å². The standard InChI is InChI=1S/C18H18N2/c19-17(10-8-14-5-2-1-3-6-14)15-9-11-18-16(13-15)7-4-12-20-18/h1-7,9,11-13,17H,8,10,19H2. The maximum absolute atomic E-state index is 6.31. The summed E-state index contributed by atoms with van der Waals surface area (Å²) in [6.45, 7) is 0. The molecule has 1 aromatic heterocycles. The molecule has 2 aromatic carbocycles. The predicted molar refractivity (Wildman–Crippen MR) is 83.4 cm³/mol. The molecule has 0 saturated heterocycles. The van der Waals surface area contributed by atoms with Crippen molar-refractivity contribution in [2.24, 2.45) is 5.73 Å². The summed E-state index contributed by atoms with van der Waals surface area (Å²) in [5.74, 6) is 0. The number of aromatic nitrogens is 1. The number of rotatable bonds is 4. The van der Waals surface area contributed by atoms with Crippen molar-refractivity contribution in [3.8, 4) is 0 Å². The van der Waals surface area contributed by atoms with E-state index >= 15 is 0 Å². The van der Waals surface area contributed by atoms with Crippen molar-refractivity contribution in [1.29, 1.82) is 0 Å². The summed E-state index contributed by atoms with van der Waals surface area (Å²) < 4.78 is 0. The summed E-state index contributed by atoms with van der Waals surface area (Å²) in [6.07, 6.45) is 3.78. The summed E-state index contributed by atoms with van der Waals surface area (Å²) in [5, 5.41) is 1.15. The first-order chi connectivity index (χ1) is 9.83. The van der Waals surface area contributed by atoms with Gasteiger partial charge in [-0.05, 0) is 42.2 Å². The molecule has 0 radical (unpaired) electrons. The van der Waals surface area contributed by atoms with E-state index < -0.39 is 0 Å². The van der Waals surface area contributed by atoms with Gasteiger partial charge in [0.05, 0.1) is 5.52 Å². The highest BCUT2D eigenvalue weighted by Gasteiger charge is 2.07. The minimum absolute atomic E-state index is 0.0693. The van der Waals surface area contributed by atoms with E-state index in [1.54, 1.807) is 0 Å². The second-order valence-electron chi connectivity index (χ2n) is 5.09. The van der Waals surface area contributed by atoms with E-state index in [4.69, 9.17) is 5.73 Å². The fourth-order valence-corrected chi connectivity index (χ4v) is 2.46. The van der Waals surface area contributed by atoms with Gasteiger partial charge in [-0.1, -0.05) is 42.5 Å². The van der Waals surface area contributed by atoms with Crippen molar-refractivity contribution in [2.75, 3.05) is 0 Å². The molecule has 1 heterocycles. The lowest BCUT2D eigenvalue weighted by Crippen LogP contribution is -2.11. The lowest BCUT2D eigenvalue weighted by Gasteiger charge is -2.12. The molecule has 0 fully saturated rings. The number of nitrogens with two attached hydrogens (primary N) is 1. The molecule has 2 N–H and O–H groups in total. The van der Waals surface area contributed by atoms with E-state index in [1.807, 2.05) is 24.4 Å². The molecule has 2 heteroatoms. The Morgan fingerprint density at radius 3 is 2.65 bits per heavy atom. The third-order valence-corrected chi connectivity index (χ3v) is 3.64. The molecule has 1 unspecified atom stereocenters. The van der Waals surface area contributed by atoms with Gasteiger partial charge in [0.1, 0.15) is 0 Å². The van der Waals surface area contributed by atoms with Gasteiger partial charge in [0.25, 0.3) is 0 Å². The molecular weight excluding hydrogens is 244 g/mol. The maximum Gasteiger partial charge on any atom is 0.0702 e. The molecule has 0 saturated carbocycles. The minimum atomic E-state index is 0.0693. The number of pyridine rings is 1. The Hall–Kier alpha value is -2.19. The number of hydrogen-bond acceptors (Lipinski definition) is 2. The van der Waals surface area contributed by atoms with Crippen LogP contribution in [0.1, 0.15) is 23.6 Å². The van der Waals surface area contributed by atoms with Crippen LogP contribution in [-0.4, -0.2) is 4.98 Å². The van der Waals surface area contributed by atoms with E-state index in [-0.39, 0.29) is 6.04 Å². The van der Waals surface area contributed by atoms with Crippen LogP contribution in [0.15, 0.2) is 66.9 Å². The Kier molecular flexibility index (Phi) is 3.75. The van der Waals surface area contributed by atoms with Crippen LogP contribution in [-0.2, 0) is 6.42 Å². The number of nitrogens with zero attached hydrogens (tertiary/aromatic N) is 1. The third kappa shape index (κ3) is 2.86. The first-order valence-electron chi connectivity index (χ1n) is 6.97. The lowest BCUT2D eigenvalue weighted by molar-refractivity contribution is 0.652. The van der Waals surface area contributed by atoms with Crippen LogP contribution in [0, 0.1) is 0 Å². The zero-order valence-electron chi connectivity index (χ0n) is 11.4. The number of benzene rings is 2. The number of fused-ring (bicyclic) bond motifs is 1. The quantitative estimate of drug-likeness (QED) is 0.775. The van der Waals surface area contributed by atoms with E-state index in [0.717, 1.165) is 23.7 Å². The van der Waals surface area contributed by atoms with Gasteiger partial charge in [-0.2, -0.15) is 0 Å². The maximum atomic E-state index is 6.31. The molecule has 3 rings (SSSR count). The van der Waals surface area contributed by atoms with Crippen molar-refractivity contribution >= 4 is 10.9 Å². The summed E-state index contributed by atoms with van der Waals surface area (Å²) in [4.78, 5) is 4.33. The second kappa shape index (κ2) is 5.85. The van der Waals surface area contributed by atoms with Gasteiger partial charge in [0, 0.05) is 17.6 Å². The van der Waals surface area contributed by atoms with E-state index in [9.17, 15) is 0 Å². The van der Waals surface area contributed by atoms with Gasteiger partial charge in [0.2, 0.25) is 0 Å². The first-order valence-corrected chi connectivity index (χ1v) is 6.97. The smallest absolute Gasteiger partial charge is 0.0702 e. The summed E-state index contributed by atoms with van der Waals surface area (Å²) >= 11 is 0. The second-order valence-corrected chi connectivity index (χ2v) is 5.09. The van der Waals surface area contributed by atoms with Gasteiger partial charge >= 0.3 is 0 Å². The molecule has 2 nitrogen and oxygen atoms in total. The molecule has 0 amide bonds. The highest BCUT2D eigenvalue weighted by Crippen LogP contribution is 2.21. The van der Waals surface area contributed by atoms with Crippen LogP contribution in [0.4, 0.5) is 0 Å². The predicted octanol–water partition coefficient (Wildman–Crippen LogP) is 3.87. The molecule has 3 aromatic rings. The van der Waals surface area contributed by atoms with Crippen LogP contribution in [0.25, 0.3) is 10.9 Å². The van der Waals surface area contributed by atoms with Crippen LogP contribution in [0.5, 0.6) is 0 Å². The molecule has 100 valence electrons. The van der Waals surface area contributed by atoms with Gasteiger partial charge in [-0.15, -0.1) is 0 Å². The largest absolute Gasteiger partial charge is 0.324 e. The van der Waals surface area contributed by atoms with E-state index in [2.05, 4.69) is 47.4 Å². The van der Waals surface area contributed by atoms with E-state index in [0.29, 0.717) is 0 Å². The van der Waals surface area contributed by atoms with E-state index in [1.165, 1.54) is 11.1 Å². The fraction of sp³-hybridized carbons (Fsp3) is 0.167. The van der Waals surface area contributed by atoms with Crippen LogP contribution in [0.2, 0.25) is 0 Å². The Labute approximate surface area is 119 Å². The Balaban J connectivity index is 1.73. The molecule has 1 atom stereocenters. The normalized spacial score (nSPS) is 12.4. The summed E-state index contributed by atoms with van der Waals surface area (Å²) in [5.41, 5.74) is 9.85. The van der Waals surface area contributed by atoms with Crippen LogP contribution < -0.4 is 5.73 Å². The Morgan fingerprint density at radius 1 is 0.950 bits per heavy atom. The van der Waals surface area contributed by atoms with Gasteiger partial charge in [0.15, 0.2) is 0 Å². The summed E-state index contributed by atoms with van der Waals surface area (Å²) in [6, 6.07) is 20.9. The SMILES string of the molecule is NC(CCc1ccccc1)c1ccc2ncccc2c1. The zero-order chi connectivity index (χ0) is 13.8. The Morgan fingerprint density at radius 2 is 1.80 bits per heavy atom. The molecule has 0 bridgehead atoms. The van der Waals surface area contributed by atoms with Crippen molar-refractivity contribution in [2.45, 2.75) is 18.9 Å². The van der Waals surface area contributed by atoms with Crippen molar-refractivity contribution < 1.29 is 0 Å². The monoisotopic (exact) mass is 262 g/mol. The van der Waals surface area contributed by atoms with Crippen molar-refractivity contribution in [3.05, 3.63) is 78.0 Å². The number of hydrogen-bond donors (Lipinski definition) is 1. The summed E-state index contributed by atoms with van der Waals surface area (Å²) in [7, 11) is 0. The molecule has 0 aliphatic rings. The Bertz CT molecular complexity index is 692. The van der Waals surface area contributed by atoms with Crippen LogP contribution >= 0.6 is 0 Å². The molecule has 0 spiro atoms. The van der Waals surface area contributed by atoms with Crippen molar-refractivity contribution in [3.63, 3.8) is 0 Å². The highest BCUT2D eigenvalue weighted by molar-refractivity contribution is 5.79. The van der Waals surface area contributed by atoms with Gasteiger partial charge < -0.3 is 5.73 Å². The lowest BCUT2D eigenvalue weighted by atomic mass is 9.98. The van der Waals surface area contributed by atoms with Crippen molar-refractivity contribution in [1.82, 2.24) is 4.98 Å². The third-order valence-electron chi connectivity index (χ3n) is 3.64. The molecular formula is C18H18N2. The molecule has 0 aliphatic heterocycles. The minimum Gasteiger partial charge on any atom is -0.324 e. The molecule has 0 aliphatic carbocycles. The highest BCUT2D eigenvalue weighted by atomic mass is 14.7. The van der Waals surface area contributed by atoms with Crippen LogP contribution in [0.3, 0.4) is 0 Å². The topological polar surface area (TPSA) is 38.9 Å². The van der Waals surface area contributed by atoms with Gasteiger partial charge in [-0.3, -0.25) is 4.98 Å². The fourth-order valence-electron chi connectivity index (χ4n) is 2.46. The first kappa shape index (κ1) is 12.8. The molecule has 20 heavy (non-hydrogen) atoms.